The molecule has 1 unspecified atom stereocenters. The van der Waals surface area contributed by atoms with Gasteiger partial charge in [-0.05, 0) is 30.5 Å². The van der Waals surface area contributed by atoms with Gasteiger partial charge in [-0.1, -0.05) is 37.4 Å². The molecule has 0 amide bonds. The molecule has 1 aromatic rings. The van der Waals surface area contributed by atoms with Gasteiger partial charge in [-0.2, -0.15) is 0 Å². The molecular formula is C12H15Cl2F. The summed E-state index contributed by atoms with van der Waals surface area (Å²) in [7, 11) is 0. The highest BCUT2D eigenvalue weighted by Gasteiger charge is 2.13. The number of alkyl halides is 1. The van der Waals surface area contributed by atoms with Gasteiger partial charge in [-0.3, -0.25) is 0 Å². The molecule has 0 nitrogen and oxygen atoms in total. The average molecular weight is 249 g/mol. The summed E-state index contributed by atoms with van der Waals surface area (Å²) in [4.78, 5) is 0. The molecule has 0 saturated carbocycles. The Kier molecular flexibility index (Phi) is 4.88. The highest BCUT2D eigenvalue weighted by Crippen LogP contribution is 2.33. The van der Waals surface area contributed by atoms with Crippen LogP contribution in [0.3, 0.4) is 0 Å². The standard InChI is InChI=1S/C12H15Cl2F/c1-3-4-5-10(13)9-6-8(2)12(15)7-11(9)14/h6-7,10H,3-5H2,1-2H3. The first-order chi connectivity index (χ1) is 7.06. The van der Waals surface area contributed by atoms with E-state index in [0.717, 1.165) is 24.8 Å². The van der Waals surface area contributed by atoms with Crippen molar-refractivity contribution in [1.29, 1.82) is 0 Å². The molecule has 84 valence electrons. The van der Waals surface area contributed by atoms with E-state index >= 15 is 0 Å². The Morgan fingerprint density at radius 1 is 1.40 bits per heavy atom. The van der Waals surface area contributed by atoms with E-state index in [-0.39, 0.29) is 11.2 Å². The van der Waals surface area contributed by atoms with Crippen LogP contribution in [0.25, 0.3) is 0 Å². The van der Waals surface area contributed by atoms with Crippen LogP contribution in [0.5, 0.6) is 0 Å². The second kappa shape index (κ2) is 5.72. The molecule has 0 radical (unpaired) electrons. The van der Waals surface area contributed by atoms with Crippen LogP contribution in [0, 0.1) is 12.7 Å². The van der Waals surface area contributed by atoms with Crippen molar-refractivity contribution in [3.8, 4) is 0 Å². The molecule has 1 aromatic carbocycles. The van der Waals surface area contributed by atoms with Gasteiger partial charge in [0.15, 0.2) is 0 Å². The molecule has 0 saturated heterocycles. The maximum Gasteiger partial charge on any atom is 0.127 e. The van der Waals surface area contributed by atoms with Gasteiger partial charge in [-0.25, -0.2) is 4.39 Å². The topological polar surface area (TPSA) is 0 Å². The van der Waals surface area contributed by atoms with Crippen molar-refractivity contribution in [2.45, 2.75) is 38.5 Å². The van der Waals surface area contributed by atoms with E-state index in [1.54, 1.807) is 13.0 Å². The number of rotatable bonds is 4. The zero-order valence-electron chi connectivity index (χ0n) is 8.99. The van der Waals surface area contributed by atoms with Crippen LogP contribution in [-0.2, 0) is 0 Å². The summed E-state index contributed by atoms with van der Waals surface area (Å²) in [5.74, 6) is -0.275. The molecule has 0 N–H and O–H groups in total. The first-order valence-corrected chi connectivity index (χ1v) is 5.97. The molecule has 1 atom stereocenters. The second-order valence-electron chi connectivity index (χ2n) is 3.73. The van der Waals surface area contributed by atoms with Crippen LogP contribution in [-0.4, -0.2) is 0 Å². The lowest BCUT2D eigenvalue weighted by Crippen LogP contribution is -1.95. The molecule has 0 aliphatic heterocycles. The molecule has 0 aromatic heterocycles. The molecule has 0 spiro atoms. The Morgan fingerprint density at radius 2 is 2.07 bits per heavy atom. The summed E-state index contributed by atoms with van der Waals surface area (Å²) in [5.41, 5.74) is 1.43. The van der Waals surface area contributed by atoms with Crippen molar-refractivity contribution in [2.75, 3.05) is 0 Å². The largest absolute Gasteiger partial charge is 0.207 e. The summed E-state index contributed by atoms with van der Waals surface area (Å²) < 4.78 is 13.1. The van der Waals surface area contributed by atoms with Crippen molar-refractivity contribution in [3.05, 3.63) is 34.1 Å². The summed E-state index contributed by atoms with van der Waals surface area (Å²) in [5, 5.41) is 0.311. The summed E-state index contributed by atoms with van der Waals surface area (Å²) in [6.07, 6.45) is 3.03. The third-order valence-corrected chi connectivity index (χ3v) is 3.21. The molecule has 0 bridgehead atoms. The Bertz CT molecular complexity index is 337. The average Bonchev–Trinajstić information content (AvgIpc) is 2.20. The smallest absolute Gasteiger partial charge is 0.127 e. The predicted octanol–water partition coefficient (Wildman–Crippen LogP) is 5.26. The molecule has 0 heterocycles. The molecule has 3 heteroatoms. The lowest BCUT2D eigenvalue weighted by atomic mass is 10.0. The Balaban J connectivity index is 2.88. The fraction of sp³-hybridized carbons (Fsp3) is 0.500. The fourth-order valence-electron chi connectivity index (χ4n) is 1.46. The van der Waals surface area contributed by atoms with E-state index in [4.69, 9.17) is 23.2 Å². The van der Waals surface area contributed by atoms with Crippen LogP contribution in [0.15, 0.2) is 12.1 Å². The first-order valence-electron chi connectivity index (χ1n) is 5.15. The van der Waals surface area contributed by atoms with Gasteiger partial charge in [0.25, 0.3) is 0 Å². The number of unbranched alkanes of at least 4 members (excludes halogenated alkanes) is 1. The third kappa shape index (κ3) is 3.35. The van der Waals surface area contributed by atoms with E-state index < -0.39 is 0 Å². The van der Waals surface area contributed by atoms with Crippen molar-refractivity contribution >= 4 is 23.2 Å². The zero-order chi connectivity index (χ0) is 11.4. The van der Waals surface area contributed by atoms with E-state index in [9.17, 15) is 4.39 Å². The summed E-state index contributed by atoms with van der Waals surface area (Å²) in [6, 6.07) is 3.08. The number of aryl methyl sites for hydroxylation is 1. The van der Waals surface area contributed by atoms with Crippen molar-refractivity contribution in [1.82, 2.24) is 0 Å². The Hall–Kier alpha value is -0.270. The summed E-state index contributed by atoms with van der Waals surface area (Å²) >= 11 is 12.2. The lowest BCUT2D eigenvalue weighted by molar-refractivity contribution is 0.616. The van der Waals surface area contributed by atoms with Crippen LogP contribution in [0.4, 0.5) is 4.39 Å². The van der Waals surface area contributed by atoms with E-state index in [1.807, 2.05) is 0 Å². The Labute approximate surface area is 100 Å². The fourth-order valence-corrected chi connectivity index (χ4v) is 2.13. The van der Waals surface area contributed by atoms with Crippen molar-refractivity contribution < 1.29 is 4.39 Å². The minimum atomic E-state index is -0.275. The third-order valence-electron chi connectivity index (χ3n) is 2.43. The van der Waals surface area contributed by atoms with Crippen molar-refractivity contribution in [3.63, 3.8) is 0 Å². The van der Waals surface area contributed by atoms with Gasteiger partial charge in [0.05, 0.1) is 5.38 Å². The molecule has 0 aliphatic carbocycles. The maximum absolute atomic E-state index is 13.1. The number of benzene rings is 1. The summed E-state index contributed by atoms with van der Waals surface area (Å²) in [6.45, 7) is 3.83. The second-order valence-corrected chi connectivity index (χ2v) is 4.67. The number of hydrogen-bond donors (Lipinski definition) is 0. The van der Waals surface area contributed by atoms with Gasteiger partial charge in [0.1, 0.15) is 5.82 Å². The maximum atomic E-state index is 13.1. The van der Waals surface area contributed by atoms with Gasteiger partial charge in [0.2, 0.25) is 0 Å². The van der Waals surface area contributed by atoms with Gasteiger partial charge >= 0.3 is 0 Å². The van der Waals surface area contributed by atoms with Crippen LogP contribution in [0.1, 0.15) is 42.7 Å². The minimum absolute atomic E-state index is 0.114. The molecule has 15 heavy (non-hydrogen) atoms. The highest BCUT2D eigenvalue weighted by molar-refractivity contribution is 6.32. The monoisotopic (exact) mass is 248 g/mol. The molecule has 0 fully saturated rings. The molecular weight excluding hydrogens is 234 g/mol. The lowest BCUT2D eigenvalue weighted by Gasteiger charge is -2.12. The number of halogens is 3. The van der Waals surface area contributed by atoms with Crippen LogP contribution in [0.2, 0.25) is 5.02 Å². The van der Waals surface area contributed by atoms with Crippen molar-refractivity contribution in [2.24, 2.45) is 0 Å². The normalized spacial score (nSPS) is 12.9. The Morgan fingerprint density at radius 3 is 2.67 bits per heavy atom. The van der Waals surface area contributed by atoms with Gasteiger partial charge in [-0.15, -0.1) is 11.6 Å². The van der Waals surface area contributed by atoms with Gasteiger partial charge in [0, 0.05) is 5.02 Å². The van der Waals surface area contributed by atoms with E-state index in [0.29, 0.717) is 10.6 Å². The zero-order valence-corrected chi connectivity index (χ0v) is 10.5. The van der Waals surface area contributed by atoms with Crippen LogP contribution >= 0.6 is 23.2 Å². The molecule has 1 rings (SSSR count). The minimum Gasteiger partial charge on any atom is -0.207 e. The quantitative estimate of drug-likeness (QED) is 0.638. The predicted molar refractivity (Wildman–Crippen MR) is 64.3 cm³/mol. The van der Waals surface area contributed by atoms with E-state index in [1.165, 1.54) is 6.07 Å². The van der Waals surface area contributed by atoms with E-state index in [2.05, 4.69) is 6.92 Å². The highest BCUT2D eigenvalue weighted by atomic mass is 35.5. The molecule has 0 aliphatic rings. The number of hydrogen-bond acceptors (Lipinski definition) is 0. The van der Waals surface area contributed by atoms with Crippen LogP contribution < -0.4 is 0 Å². The van der Waals surface area contributed by atoms with Gasteiger partial charge < -0.3 is 0 Å². The SMILES string of the molecule is CCCCC(Cl)c1cc(C)c(F)cc1Cl. The first kappa shape index (κ1) is 12.8.